The smallest absolute Gasteiger partial charge is 0.197 e. The van der Waals surface area contributed by atoms with Crippen LogP contribution in [-0.4, -0.2) is 92.8 Å². The number of nitriles is 3. The number of carbonyl (C=O) groups is 3. The lowest BCUT2D eigenvalue weighted by atomic mass is 10.0. The molecule has 75 heavy (non-hydrogen) atoms. The molecular formula is C60H99N9O6. The molecule has 6 atom stereocenters. The monoisotopic (exact) mass is 1040 g/mol. The SMILES string of the molecule is CCCCCCCCCCCC1=NCC[NH+]1C(C)C#N.CCCCCCCCCCCC1=NCC[NH+]1C(C)C#N.CCCCCCCCCCCC1=NCC[NH+]1C(C)C#N.O=C([O-])c1cccc(C(=O)[O-])c1C(=O)[O-]. The van der Waals surface area contributed by atoms with E-state index in [0.29, 0.717) is 0 Å². The van der Waals surface area contributed by atoms with Gasteiger partial charge in [0, 0.05) is 56.7 Å². The van der Waals surface area contributed by atoms with E-state index in [-0.39, 0.29) is 18.1 Å². The number of hydrogen-bond donors (Lipinski definition) is 3. The van der Waals surface area contributed by atoms with Crippen molar-refractivity contribution in [1.29, 1.82) is 15.8 Å². The normalized spacial score (nSPS) is 17.6. The van der Waals surface area contributed by atoms with E-state index >= 15 is 0 Å². The van der Waals surface area contributed by atoms with Crippen LogP contribution in [0.3, 0.4) is 0 Å². The Morgan fingerprint density at radius 3 is 0.893 bits per heavy atom. The number of aliphatic imine (C=N–C) groups is 3. The molecule has 6 unspecified atom stereocenters. The minimum Gasteiger partial charge on any atom is -0.545 e. The molecule has 0 saturated carbocycles. The summed E-state index contributed by atoms with van der Waals surface area (Å²) in [6.45, 7) is 18.6. The van der Waals surface area contributed by atoms with Crippen molar-refractivity contribution in [3.8, 4) is 18.2 Å². The van der Waals surface area contributed by atoms with E-state index in [0.717, 1.165) is 76.7 Å². The minimum absolute atomic E-state index is 0.0646. The van der Waals surface area contributed by atoms with Gasteiger partial charge in [-0.15, -0.1) is 0 Å². The van der Waals surface area contributed by atoms with Crippen LogP contribution in [0.2, 0.25) is 0 Å². The minimum atomic E-state index is -1.91. The zero-order valence-electron chi connectivity index (χ0n) is 47.6. The van der Waals surface area contributed by atoms with E-state index in [1.807, 2.05) is 20.8 Å². The first kappa shape index (κ1) is 68.0. The van der Waals surface area contributed by atoms with Crippen LogP contribution >= 0.6 is 0 Å². The maximum atomic E-state index is 10.6. The predicted molar refractivity (Wildman–Crippen MR) is 295 cm³/mol. The maximum absolute atomic E-state index is 10.6. The third kappa shape index (κ3) is 29.8. The number of rotatable bonds is 36. The maximum Gasteiger partial charge on any atom is 0.197 e. The molecule has 0 spiro atoms. The molecule has 4 rings (SSSR count). The van der Waals surface area contributed by atoms with Crippen LogP contribution in [0.1, 0.15) is 265 Å². The number of amidine groups is 3. The van der Waals surface area contributed by atoms with Crippen LogP contribution in [0.15, 0.2) is 33.2 Å². The van der Waals surface area contributed by atoms with Gasteiger partial charge in [-0.05, 0) is 19.3 Å². The molecule has 3 heterocycles. The Hall–Kier alpha value is -5.01. The van der Waals surface area contributed by atoms with Gasteiger partial charge >= 0.3 is 0 Å². The van der Waals surface area contributed by atoms with Crippen molar-refractivity contribution < 1.29 is 44.4 Å². The molecule has 0 radical (unpaired) electrons. The molecule has 420 valence electrons. The molecule has 0 bridgehead atoms. The molecular weight excluding hydrogens is 943 g/mol. The van der Waals surface area contributed by atoms with Crippen molar-refractivity contribution >= 4 is 35.4 Å². The zero-order chi connectivity index (χ0) is 55.5. The number of carboxylic acids is 3. The number of carboxylic acid groups (broad SMARTS) is 3. The zero-order valence-corrected chi connectivity index (χ0v) is 47.6. The van der Waals surface area contributed by atoms with Crippen LogP contribution in [0, 0.1) is 34.0 Å². The molecule has 3 aliphatic heterocycles. The number of nitrogens with one attached hydrogen (secondary N) is 3. The highest BCUT2D eigenvalue weighted by molar-refractivity contribution is 6.07. The van der Waals surface area contributed by atoms with Gasteiger partial charge in [0.15, 0.2) is 35.6 Å². The Morgan fingerprint density at radius 2 is 0.680 bits per heavy atom. The summed E-state index contributed by atoms with van der Waals surface area (Å²) >= 11 is 0. The summed E-state index contributed by atoms with van der Waals surface area (Å²) < 4.78 is 0. The second kappa shape index (κ2) is 44.2. The first-order chi connectivity index (χ1) is 36.3. The van der Waals surface area contributed by atoms with E-state index < -0.39 is 34.6 Å². The average Bonchev–Trinajstić information content (AvgIpc) is 4.21. The standard InChI is InChI=1S/3C17H31N3.C9H6O6/c3*1-3-4-5-6-7-8-9-10-11-12-17-19-13-14-20(17)16(2)15-18;10-7(11)4-2-1-3-5(8(12)13)6(4)9(14)15/h3*16H,3-14H2,1-2H3;1-3H,(H,10,11)(H,12,13)(H,14,15). The Kier molecular flexibility index (Phi) is 40.0. The first-order valence-electron chi connectivity index (χ1n) is 29.5. The summed E-state index contributed by atoms with van der Waals surface area (Å²) in [5.41, 5.74) is -2.45. The molecule has 3 N–H and O–H groups in total. The second-order valence-corrected chi connectivity index (χ2v) is 20.7. The van der Waals surface area contributed by atoms with Crippen LogP contribution in [0.4, 0.5) is 0 Å². The topological polar surface area (TPSA) is 242 Å². The van der Waals surface area contributed by atoms with Gasteiger partial charge in [-0.1, -0.05) is 193 Å². The third-order valence-corrected chi connectivity index (χ3v) is 14.6. The summed E-state index contributed by atoms with van der Waals surface area (Å²) in [6, 6.07) is 10.1. The number of quaternary nitrogens is 3. The molecule has 0 aliphatic carbocycles. The van der Waals surface area contributed by atoms with E-state index in [1.165, 1.54) is 206 Å². The molecule has 0 amide bonds. The Balaban J connectivity index is 0.000000503. The summed E-state index contributed by atoms with van der Waals surface area (Å²) in [6.07, 6.45) is 40.2. The number of benzene rings is 1. The fraction of sp³-hybridized carbons (Fsp3) is 0.750. The Bertz CT molecular complexity index is 1780. The first-order valence-corrected chi connectivity index (χ1v) is 29.5. The van der Waals surface area contributed by atoms with Crippen molar-refractivity contribution in [2.45, 2.75) is 252 Å². The summed E-state index contributed by atoms with van der Waals surface area (Å²) in [7, 11) is 0. The number of carbonyl (C=O) groups excluding carboxylic acids is 3. The number of hydrogen-bond acceptors (Lipinski definition) is 12. The molecule has 0 aromatic heterocycles. The fourth-order valence-corrected chi connectivity index (χ4v) is 9.95. The Labute approximate surface area is 453 Å². The highest BCUT2D eigenvalue weighted by Crippen LogP contribution is 2.15. The van der Waals surface area contributed by atoms with Crippen LogP contribution in [0.5, 0.6) is 0 Å². The Morgan fingerprint density at radius 1 is 0.440 bits per heavy atom. The molecule has 1 aromatic carbocycles. The predicted octanol–water partition coefficient (Wildman–Crippen LogP) is 6.13. The van der Waals surface area contributed by atoms with Gasteiger partial charge in [0.05, 0.1) is 37.5 Å². The lowest BCUT2D eigenvalue weighted by Gasteiger charge is -2.16. The molecule has 0 saturated heterocycles. The molecule has 15 nitrogen and oxygen atoms in total. The van der Waals surface area contributed by atoms with E-state index in [9.17, 15) is 29.7 Å². The summed E-state index contributed by atoms with van der Waals surface area (Å²) in [4.78, 5) is 49.2. The van der Waals surface area contributed by atoms with Gasteiger partial charge < -0.3 is 29.7 Å². The highest BCUT2D eigenvalue weighted by atomic mass is 16.4. The lowest BCUT2D eigenvalue weighted by Crippen LogP contribution is -3.16. The van der Waals surface area contributed by atoms with Crippen molar-refractivity contribution in [2.24, 2.45) is 15.0 Å². The second-order valence-electron chi connectivity index (χ2n) is 20.7. The number of unbranched alkanes of at least 4 members (excludes halogenated alkanes) is 24. The third-order valence-electron chi connectivity index (χ3n) is 14.6. The van der Waals surface area contributed by atoms with E-state index in [1.54, 1.807) is 0 Å². The van der Waals surface area contributed by atoms with Gasteiger partial charge in [-0.2, -0.15) is 15.8 Å². The molecule has 15 heteroatoms. The van der Waals surface area contributed by atoms with Gasteiger partial charge in [-0.3, -0.25) is 14.7 Å². The molecule has 0 fully saturated rings. The average molecular weight is 1040 g/mol. The number of aromatic carboxylic acids is 3. The quantitative estimate of drug-likeness (QED) is 0.0655. The highest BCUT2D eigenvalue weighted by Gasteiger charge is 2.29. The summed E-state index contributed by atoms with van der Waals surface area (Å²) in [5, 5.41) is 58.6. The van der Waals surface area contributed by atoms with Crippen molar-refractivity contribution in [3.05, 3.63) is 34.9 Å². The van der Waals surface area contributed by atoms with Crippen LogP contribution in [-0.2, 0) is 0 Å². The largest absolute Gasteiger partial charge is 0.545 e. The number of nitrogens with zero attached hydrogens (tertiary/aromatic N) is 6. The van der Waals surface area contributed by atoms with Crippen molar-refractivity contribution in [1.82, 2.24) is 0 Å². The summed E-state index contributed by atoms with van der Waals surface area (Å²) in [5.74, 6) is -1.74. The lowest BCUT2D eigenvalue weighted by molar-refractivity contribution is -0.817. The van der Waals surface area contributed by atoms with Gasteiger partial charge in [0.1, 0.15) is 37.8 Å². The van der Waals surface area contributed by atoms with Crippen molar-refractivity contribution in [3.63, 3.8) is 0 Å². The molecule has 3 aliphatic rings. The molecule has 1 aromatic rings. The fourth-order valence-electron chi connectivity index (χ4n) is 9.95. The van der Waals surface area contributed by atoms with Crippen molar-refractivity contribution in [2.75, 3.05) is 39.3 Å². The van der Waals surface area contributed by atoms with Crippen LogP contribution in [0.25, 0.3) is 0 Å². The van der Waals surface area contributed by atoms with Crippen LogP contribution < -0.4 is 30.0 Å². The van der Waals surface area contributed by atoms with Gasteiger partial charge in [0.25, 0.3) is 0 Å². The van der Waals surface area contributed by atoms with E-state index in [4.69, 9.17) is 15.8 Å². The van der Waals surface area contributed by atoms with Gasteiger partial charge in [0.2, 0.25) is 0 Å². The van der Waals surface area contributed by atoms with Gasteiger partial charge in [-0.25, -0.2) is 15.0 Å². The van der Waals surface area contributed by atoms with E-state index in [2.05, 4.69) is 54.0 Å².